The Morgan fingerprint density at radius 1 is 1.26 bits per heavy atom. The van der Waals surface area contributed by atoms with Gasteiger partial charge in [0.2, 0.25) is 5.91 Å². The van der Waals surface area contributed by atoms with Crippen LogP contribution in [0.2, 0.25) is 0 Å². The van der Waals surface area contributed by atoms with Gasteiger partial charge in [-0.1, -0.05) is 26.8 Å². The average Bonchev–Trinajstić information content (AvgIpc) is 2.76. The molecule has 1 aromatic rings. The second-order valence-corrected chi connectivity index (χ2v) is 9.86. The van der Waals surface area contributed by atoms with Gasteiger partial charge < -0.3 is 15.3 Å². The molecule has 6 heteroatoms. The Kier molecular flexibility index (Phi) is 7.40. The standard InChI is InChI=1S/C25H39N3O3/c1-6-28(7-2)24(31)16(3)18-11-13-25(5)14-12-19(17(4)21(25)22(18)29)27-23(30)20-10-8-9-15-26-20/h8-10,15-19,21-22,29H,6-7,11-14H2,1-5H3,(H,27,30)/t16-,17+,18+,19-,21+,22-,25-/m0/s1. The van der Waals surface area contributed by atoms with Crippen LogP contribution >= 0.6 is 0 Å². The first-order chi connectivity index (χ1) is 14.7. The Hall–Kier alpha value is -1.95. The molecule has 6 nitrogen and oxygen atoms in total. The van der Waals surface area contributed by atoms with Crippen LogP contribution in [0.25, 0.3) is 0 Å². The number of aliphatic hydroxyl groups is 1. The summed E-state index contributed by atoms with van der Waals surface area (Å²) in [5, 5.41) is 14.7. The smallest absolute Gasteiger partial charge is 0.270 e. The summed E-state index contributed by atoms with van der Waals surface area (Å²) in [5.74, 6) is -0.0796. The zero-order valence-corrected chi connectivity index (χ0v) is 19.7. The van der Waals surface area contributed by atoms with Gasteiger partial charge in [0.05, 0.1) is 6.10 Å². The number of aliphatic hydroxyl groups excluding tert-OH is 1. The van der Waals surface area contributed by atoms with E-state index in [2.05, 4.69) is 24.1 Å². The molecule has 2 fully saturated rings. The minimum atomic E-state index is -0.544. The van der Waals surface area contributed by atoms with E-state index in [0.29, 0.717) is 18.8 Å². The van der Waals surface area contributed by atoms with Crippen LogP contribution < -0.4 is 5.32 Å². The van der Waals surface area contributed by atoms with E-state index in [-0.39, 0.29) is 46.9 Å². The van der Waals surface area contributed by atoms with Crippen LogP contribution in [-0.4, -0.2) is 52.0 Å². The van der Waals surface area contributed by atoms with Crippen LogP contribution in [0.5, 0.6) is 0 Å². The first-order valence-electron chi connectivity index (χ1n) is 11.9. The molecule has 0 spiro atoms. The molecule has 0 aliphatic heterocycles. The van der Waals surface area contributed by atoms with Crippen molar-refractivity contribution < 1.29 is 14.7 Å². The lowest BCUT2D eigenvalue weighted by molar-refractivity contribution is -0.149. The molecule has 2 aliphatic rings. The molecule has 2 saturated carbocycles. The molecule has 0 saturated heterocycles. The number of nitrogens with one attached hydrogen (secondary N) is 1. The molecular weight excluding hydrogens is 390 g/mol. The molecule has 0 aromatic carbocycles. The topological polar surface area (TPSA) is 82.5 Å². The molecule has 0 bridgehead atoms. The molecule has 2 amide bonds. The lowest BCUT2D eigenvalue weighted by atomic mass is 9.51. The number of amides is 2. The van der Waals surface area contributed by atoms with E-state index in [9.17, 15) is 14.7 Å². The van der Waals surface area contributed by atoms with Crippen molar-refractivity contribution >= 4 is 11.8 Å². The van der Waals surface area contributed by atoms with Gasteiger partial charge in [-0.25, -0.2) is 0 Å². The fourth-order valence-corrected chi connectivity index (χ4v) is 6.24. The molecule has 7 atom stereocenters. The van der Waals surface area contributed by atoms with E-state index < -0.39 is 6.10 Å². The van der Waals surface area contributed by atoms with Crippen LogP contribution in [0, 0.1) is 29.1 Å². The van der Waals surface area contributed by atoms with Gasteiger partial charge >= 0.3 is 0 Å². The fraction of sp³-hybridized carbons (Fsp3) is 0.720. The van der Waals surface area contributed by atoms with Crippen molar-refractivity contribution in [2.45, 2.75) is 72.4 Å². The second kappa shape index (κ2) is 9.68. The van der Waals surface area contributed by atoms with Crippen molar-refractivity contribution in [3.05, 3.63) is 30.1 Å². The highest BCUT2D eigenvalue weighted by molar-refractivity contribution is 5.92. The number of hydrogen-bond donors (Lipinski definition) is 2. The molecule has 1 heterocycles. The molecule has 0 radical (unpaired) electrons. The van der Waals surface area contributed by atoms with Crippen LogP contribution in [-0.2, 0) is 4.79 Å². The van der Waals surface area contributed by atoms with E-state index in [1.807, 2.05) is 31.7 Å². The molecular formula is C25H39N3O3. The van der Waals surface area contributed by atoms with Crippen molar-refractivity contribution in [1.82, 2.24) is 15.2 Å². The third-order valence-electron chi connectivity index (χ3n) is 8.21. The number of rotatable bonds is 6. The summed E-state index contributed by atoms with van der Waals surface area (Å²) in [5.41, 5.74) is 0.461. The summed E-state index contributed by atoms with van der Waals surface area (Å²) in [6.45, 7) is 11.8. The molecule has 1 aromatic heterocycles. The van der Waals surface area contributed by atoms with Gasteiger partial charge in [-0.2, -0.15) is 0 Å². The predicted octanol–water partition coefficient (Wildman–Crippen LogP) is 3.51. The first-order valence-corrected chi connectivity index (χ1v) is 11.9. The third kappa shape index (κ3) is 4.64. The Labute approximate surface area is 186 Å². The summed E-state index contributed by atoms with van der Waals surface area (Å²) in [7, 11) is 0. The molecule has 2 aliphatic carbocycles. The molecule has 0 unspecified atom stereocenters. The van der Waals surface area contributed by atoms with Gasteiger partial charge in [-0.3, -0.25) is 14.6 Å². The highest BCUT2D eigenvalue weighted by Gasteiger charge is 2.54. The zero-order chi connectivity index (χ0) is 22.8. The molecule has 2 N–H and O–H groups in total. The van der Waals surface area contributed by atoms with Gasteiger partial charge in [0, 0.05) is 31.2 Å². The predicted molar refractivity (Wildman–Crippen MR) is 121 cm³/mol. The lowest BCUT2D eigenvalue weighted by Gasteiger charge is -2.56. The number of aromatic nitrogens is 1. The molecule has 172 valence electrons. The van der Waals surface area contributed by atoms with Gasteiger partial charge in [0.25, 0.3) is 5.91 Å². The minimum absolute atomic E-state index is 0.00484. The van der Waals surface area contributed by atoms with Crippen LogP contribution in [0.4, 0.5) is 0 Å². The lowest BCUT2D eigenvalue weighted by Crippen LogP contribution is -2.58. The Morgan fingerprint density at radius 3 is 2.55 bits per heavy atom. The molecule has 31 heavy (non-hydrogen) atoms. The van der Waals surface area contributed by atoms with Gasteiger partial charge in [-0.05, 0) is 74.8 Å². The number of hydrogen-bond acceptors (Lipinski definition) is 4. The quantitative estimate of drug-likeness (QED) is 0.725. The van der Waals surface area contributed by atoms with E-state index in [0.717, 1.165) is 25.7 Å². The molecule has 3 rings (SSSR count). The normalized spacial score (nSPS) is 33.8. The zero-order valence-electron chi connectivity index (χ0n) is 19.7. The Morgan fingerprint density at radius 2 is 1.94 bits per heavy atom. The minimum Gasteiger partial charge on any atom is -0.392 e. The number of carbonyl (C=O) groups is 2. The van der Waals surface area contributed by atoms with E-state index in [1.165, 1.54) is 0 Å². The average molecular weight is 430 g/mol. The van der Waals surface area contributed by atoms with E-state index in [1.54, 1.807) is 18.3 Å². The number of pyridine rings is 1. The largest absolute Gasteiger partial charge is 0.392 e. The highest BCUT2D eigenvalue weighted by atomic mass is 16.3. The fourth-order valence-electron chi connectivity index (χ4n) is 6.24. The second-order valence-electron chi connectivity index (χ2n) is 9.86. The van der Waals surface area contributed by atoms with E-state index >= 15 is 0 Å². The van der Waals surface area contributed by atoms with Crippen molar-refractivity contribution in [3.63, 3.8) is 0 Å². The summed E-state index contributed by atoms with van der Waals surface area (Å²) in [4.78, 5) is 31.7. The Bertz CT molecular complexity index is 767. The van der Waals surface area contributed by atoms with Crippen LogP contribution in [0.3, 0.4) is 0 Å². The maximum atomic E-state index is 13.0. The third-order valence-corrected chi connectivity index (χ3v) is 8.21. The maximum absolute atomic E-state index is 13.0. The van der Waals surface area contributed by atoms with Crippen LogP contribution in [0.1, 0.15) is 70.8 Å². The van der Waals surface area contributed by atoms with Crippen LogP contribution in [0.15, 0.2) is 24.4 Å². The van der Waals surface area contributed by atoms with Gasteiger partial charge in [-0.15, -0.1) is 0 Å². The summed E-state index contributed by atoms with van der Waals surface area (Å²) in [6, 6.07) is 5.33. The first kappa shape index (κ1) is 23.7. The number of nitrogens with zero attached hydrogens (tertiary/aromatic N) is 2. The summed E-state index contributed by atoms with van der Waals surface area (Å²) >= 11 is 0. The maximum Gasteiger partial charge on any atom is 0.270 e. The summed E-state index contributed by atoms with van der Waals surface area (Å²) in [6.07, 6.45) is 4.84. The Balaban J connectivity index is 1.75. The van der Waals surface area contributed by atoms with E-state index in [4.69, 9.17) is 0 Å². The van der Waals surface area contributed by atoms with Crippen molar-refractivity contribution in [2.75, 3.05) is 13.1 Å². The van der Waals surface area contributed by atoms with Gasteiger partial charge in [0.1, 0.15) is 5.69 Å². The monoisotopic (exact) mass is 429 g/mol. The summed E-state index contributed by atoms with van der Waals surface area (Å²) < 4.78 is 0. The van der Waals surface area contributed by atoms with Crippen molar-refractivity contribution in [3.8, 4) is 0 Å². The number of fused-ring (bicyclic) bond motifs is 1. The SMILES string of the molecule is CCN(CC)C(=O)[C@@H](C)[C@H]1CC[C@@]2(C)CC[C@H](NC(=O)c3ccccn3)[C@@H](C)[C@@H]2[C@H]1O. The van der Waals surface area contributed by atoms with Crippen molar-refractivity contribution in [1.29, 1.82) is 0 Å². The highest BCUT2D eigenvalue weighted by Crippen LogP contribution is 2.55. The number of carbonyl (C=O) groups excluding carboxylic acids is 2. The van der Waals surface area contributed by atoms with Crippen molar-refractivity contribution in [2.24, 2.45) is 29.1 Å². The van der Waals surface area contributed by atoms with Gasteiger partial charge in [0.15, 0.2) is 0 Å².